The molecule has 2 aliphatic heterocycles. The fourth-order valence-electron chi connectivity index (χ4n) is 3.30. The first-order chi connectivity index (χ1) is 11.7. The van der Waals surface area contributed by atoms with Crippen molar-refractivity contribution in [3.05, 3.63) is 23.2 Å². The zero-order valence-corrected chi connectivity index (χ0v) is 15.5. The maximum Gasteiger partial charge on any atom is 0.410 e. The van der Waals surface area contributed by atoms with E-state index in [1.807, 2.05) is 20.8 Å². The van der Waals surface area contributed by atoms with Gasteiger partial charge in [-0.3, -0.25) is 4.79 Å². The molecule has 7 nitrogen and oxygen atoms in total. The van der Waals surface area contributed by atoms with Crippen LogP contribution >= 0.6 is 11.6 Å². The van der Waals surface area contributed by atoms with Crippen molar-refractivity contribution in [3.63, 3.8) is 0 Å². The van der Waals surface area contributed by atoms with Gasteiger partial charge < -0.3 is 14.5 Å². The van der Waals surface area contributed by atoms with E-state index in [0.717, 1.165) is 12.8 Å². The second kappa shape index (κ2) is 6.44. The van der Waals surface area contributed by atoms with Crippen LogP contribution in [0.3, 0.4) is 0 Å². The molecular weight excluding hydrogens is 344 g/mol. The monoisotopic (exact) mass is 366 g/mol. The van der Waals surface area contributed by atoms with Gasteiger partial charge in [0.25, 0.3) is 5.91 Å². The Morgan fingerprint density at radius 2 is 1.76 bits per heavy atom. The van der Waals surface area contributed by atoms with Crippen LogP contribution in [0.1, 0.15) is 44.1 Å². The van der Waals surface area contributed by atoms with Crippen molar-refractivity contribution in [3.8, 4) is 0 Å². The summed E-state index contributed by atoms with van der Waals surface area (Å²) in [5.41, 5.74) is -0.0569. The molecule has 136 valence electrons. The molecule has 3 rings (SSSR count). The number of carbonyl (C=O) groups excluding carboxylic acids is 2. The molecule has 0 atom stereocenters. The summed E-state index contributed by atoms with van der Waals surface area (Å²) in [5, 5.41) is 0.269. The van der Waals surface area contributed by atoms with Crippen molar-refractivity contribution in [1.82, 2.24) is 19.8 Å². The quantitative estimate of drug-likeness (QED) is 0.763. The van der Waals surface area contributed by atoms with Crippen LogP contribution in [0.2, 0.25) is 5.15 Å². The predicted molar refractivity (Wildman–Crippen MR) is 92.4 cm³/mol. The molecule has 25 heavy (non-hydrogen) atoms. The standard InChI is InChI=1S/C17H23ClN4O3/c1-16(2,3)25-15(24)22-10-17(11-22)4-6-21(7-5-17)14(23)12-8-20-13(18)9-19-12/h8-9H,4-7,10-11H2,1-3H3. The summed E-state index contributed by atoms with van der Waals surface area (Å²) in [6.45, 7) is 8.31. The SMILES string of the molecule is CC(C)(C)OC(=O)N1CC2(CCN(C(=O)c3cnc(Cl)cn3)CC2)C1. The highest BCUT2D eigenvalue weighted by molar-refractivity contribution is 6.29. The van der Waals surface area contributed by atoms with Crippen LogP contribution in [0.25, 0.3) is 0 Å². The van der Waals surface area contributed by atoms with E-state index >= 15 is 0 Å². The van der Waals surface area contributed by atoms with Gasteiger partial charge in [-0.05, 0) is 33.6 Å². The number of likely N-dealkylation sites (tertiary alicyclic amines) is 2. The largest absolute Gasteiger partial charge is 0.444 e. The maximum atomic E-state index is 12.5. The lowest BCUT2D eigenvalue weighted by Gasteiger charge is -2.53. The molecule has 1 aromatic rings. The number of halogens is 1. The Hall–Kier alpha value is -1.89. The first kappa shape index (κ1) is 17.9. The summed E-state index contributed by atoms with van der Waals surface area (Å²) in [5.74, 6) is -0.123. The molecule has 0 aliphatic carbocycles. The van der Waals surface area contributed by atoms with Crippen molar-refractivity contribution >= 4 is 23.6 Å². The van der Waals surface area contributed by atoms with Gasteiger partial charge in [0.1, 0.15) is 16.4 Å². The summed E-state index contributed by atoms with van der Waals surface area (Å²) in [6, 6.07) is 0. The topological polar surface area (TPSA) is 75.6 Å². The van der Waals surface area contributed by atoms with Gasteiger partial charge in [-0.1, -0.05) is 11.6 Å². The molecule has 0 N–H and O–H groups in total. The highest BCUT2D eigenvalue weighted by Crippen LogP contribution is 2.41. The number of rotatable bonds is 1. The van der Waals surface area contributed by atoms with E-state index in [1.165, 1.54) is 12.4 Å². The summed E-state index contributed by atoms with van der Waals surface area (Å²) in [4.78, 5) is 36.0. The lowest BCUT2D eigenvalue weighted by Crippen LogP contribution is -2.62. The Bertz CT molecular complexity index is 655. The fourth-order valence-corrected chi connectivity index (χ4v) is 3.40. The average Bonchev–Trinajstić information content (AvgIpc) is 2.51. The lowest BCUT2D eigenvalue weighted by atomic mass is 9.72. The number of hydrogen-bond donors (Lipinski definition) is 0. The Labute approximate surface area is 152 Å². The Kier molecular flexibility index (Phi) is 4.62. The summed E-state index contributed by atoms with van der Waals surface area (Å²) in [7, 11) is 0. The lowest BCUT2D eigenvalue weighted by molar-refractivity contribution is -0.0563. The first-order valence-electron chi connectivity index (χ1n) is 8.42. The second-order valence-electron chi connectivity index (χ2n) is 7.85. The number of piperidine rings is 1. The number of aromatic nitrogens is 2. The van der Waals surface area contributed by atoms with E-state index in [9.17, 15) is 9.59 Å². The van der Waals surface area contributed by atoms with Gasteiger partial charge in [-0.2, -0.15) is 0 Å². The second-order valence-corrected chi connectivity index (χ2v) is 8.24. The minimum Gasteiger partial charge on any atom is -0.444 e. The van der Waals surface area contributed by atoms with Gasteiger partial charge >= 0.3 is 6.09 Å². The molecule has 0 unspecified atom stereocenters. The van der Waals surface area contributed by atoms with Crippen molar-refractivity contribution in [2.45, 2.75) is 39.2 Å². The molecule has 2 aliphatic rings. The maximum absolute atomic E-state index is 12.5. The van der Waals surface area contributed by atoms with Gasteiger partial charge in [0, 0.05) is 31.6 Å². The van der Waals surface area contributed by atoms with Crippen molar-refractivity contribution in [2.75, 3.05) is 26.2 Å². The Morgan fingerprint density at radius 1 is 1.12 bits per heavy atom. The third-order valence-corrected chi connectivity index (χ3v) is 4.85. The minimum absolute atomic E-state index is 0.110. The number of amides is 2. The van der Waals surface area contributed by atoms with E-state index in [-0.39, 0.29) is 22.6 Å². The number of ether oxygens (including phenoxy) is 1. The van der Waals surface area contributed by atoms with Crippen molar-refractivity contribution in [1.29, 1.82) is 0 Å². The molecule has 8 heteroatoms. The normalized spacial score (nSPS) is 19.5. The van der Waals surface area contributed by atoms with Gasteiger partial charge in [0.05, 0.1) is 12.4 Å². The molecule has 2 saturated heterocycles. The molecular formula is C17H23ClN4O3. The molecule has 0 radical (unpaired) electrons. The van der Waals surface area contributed by atoms with Gasteiger partial charge in [0.15, 0.2) is 0 Å². The molecule has 0 aromatic carbocycles. The Morgan fingerprint density at radius 3 is 2.28 bits per heavy atom. The van der Waals surface area contributed by atoms with E-state index in [1.54, 1.807) is 9.80 Å². The molecule has 2 fully saturated rings. The van der Waals surface area contributed by atoms with Crippen LogP contribution in [0.5, 0.6) is 0 Å². The highest BCUT2D eigenvalue weighted by atomic mass is 35.5. The third kappa shape index (κ3) is 4.03. The summed E-state index contributed by atoms with van der Waals surface area (Å²) >= 11 is 5.70. The van der Waals surface area contributed by atoms with E-state index in [4.69, 9.17) is 16.3 Å². The molecule has 1 aromatic heterocycles. The predicted octanol–water partition coefficient (Wildman–Crippen LogP) is 2.60. The zero-order valence-electron chi connectivity index (χ0n) is 14.8. The van der Waals surface area contributed by atoms with Crippen LogP contribution in [-0.4, -0.2) is 63.5 Å². The molecule has 0 saturated carbocycles. The summed E-state index contributed by atoms with van der Waals surface area (Å²) < 4.78 is 5.40. The molecule has 3 heterocycles. The first-order valence-corrected chi connectivity index (χ1v) is 8.80. The van der Waals surface area contributed by atoms with Crippen LogP contribution in [0.15, 0.2) is 12.4 Å². The number of nitrogens with zero attached hydrogens (tertiary/aromatic N) is 4. The van der Waals surface area contributed by atoms with E-state index < -0.39 is 5.60 Å². The fraction of sp³-hybridized carbons (Fsp3) is 0.647. The van der Waals surface area contributed by atoms with Gasteiger partial charge in [-0.15, -0.1) is 0 Å². The van der Waals surface area contributed by atoms with Crippen molar-refractivity contribution in [2.24, 2.45) is 5.41 Å². The smallest absolute Gasteiger partial charge is 0.410 e. The molecule has 1 spiro atoms. The number of hydrogen-bond acceptors (Lipinski definition) is 5. The average molecular weight is 367 g/mol. The van der Waals surface area contributed by atoms with E-state index in [0.29, 0.717) is 31.9 Å². The van der Waals surface area contributed by atoms with Crippen LogP contribution in [-0.2, 0) is 4.74 Å². The summed E-state index contributed by atoms with van der Waals surface area (Å²) in [6.07, 6.45) is 4.28. The van der Waals surface area contributed by atoms with Crippen LogP contribution in [0.4, 0.5) is 4.79 Å². The van der Waals surface area contributed by atoms with Gasteiger partial charge in [0.2, 0.25) is 0 Å². The number of carbonyl (C=O) groups is 2. The van der Waals surface area contributed by atoms with Crippen LogP contribution < -0.4 is 0 Å². The Balaban J connectivity index is 1.51. The molecule has 2 amide bonds. The van der Waals surface area contributed by atoms with E-state index in [2.05, 4.69) is 9.97 Å². The van der Waals surface area contributed by atoms with Gasteiger partial charge in [-0.25, -0.2) is 14.8 Å². The highest BCUT2D eigenvalue weighted by Gasteiger charge is 2.48. The minimum atomic E-state index is -0.477. The molecule has 0 bridgehead atoms. The third-order valence-electron chi connectivity index (χ3n) is 4.66. The zero-order chi connectivity index (χ0) is 18.2. The van der Waals surface area contributed by atoms with Crippen molar-refractivity contribution < 1.29 is 14.3 Å². The van der Waals surface area contributed by atoms with Crippen LogP contribution in [0, 0.1) is 5.41 Å².